The molecular weight excluding hydrogens is 454 g/mol. The van der Waals surface area contributed by atoms with Crippen LogP contribution in [0.25, 0.3) is 6.08 Å². The number of anilines is 1. The number of carbonyl (C=O) groups excluding carboxylic acids is 1. The second-order valence-corrected chi connectivity index (χ2v) is 9.71. The highest BCUT2D eigenvalue weighted by molar-refractivity contribution is 9.10. The van der Waals surface area contributed by atoms with E-state index < -0.39 is 0 Å². The second-order valence-electron chi connectivity index (χ2n) is 7.18. The number of thiocarbonyl (C=S) groups is 1. The fraction of sp³-hybridized carbons (Fsp3) is 0.273. The molecule has 2 aromatic carbocycles. The van der Waals surface area contributed by atoms with Gasteiger partial charge in [-0.3, -0.25) is 9.69 Å². The third-order valence-corrected chi connectivity index (χ3v) is 6.29. The van der Waals surface area contributed by atoms with E-state index in [9.17, 15) is 4.79 Å². The highest BCUT2D eigenvalue weighted by Gasteiger charge is 2.33. The summed E-state index contributed by atoms with van der Waals surface area (Å²) in [4.78, 5) is 15.2. The van der Waals surface area contributed by atoms with Crippen molar-refractivity contribution in [3.8, 4) is 5.75 Å². The molecule has 3 rings (SSSR count). The van der Waals surface area contributed by atoms with Crippen molar-refractivity contribution in [1.29, 1.82) is 0 Å². The normalized spacial score (nSPS) is 15.8. The van der Waals surface area contributed by atoms with Crippen molar-refractivity contribution in [2.75, 3.05) is 11.5 Å². The molecular formula is C22H22BrNO2S2. The number of hydrogen-bond donors (Lipinski definition) is 0. The smallest absolute Gasteiger partial charge is 0.270 e. The average molecular weight is 476 g/mol. The van der Waals surface area contributed by atoms with Crippen LogP contribution in [0.4, 0.5) is 5.69 Å². The van der Waals surface area contributed by atoms with Crippen LogP contribution in [0.2, 0.25) is 0 Å². The van der Waals surface area contributed by atoms with E-state index in [0.29, 0.717) is 21.8 Å². The van der Waals surface area contributed by atoms with Crippen molar-refractivity contribution in [2.24, 2.45) is 5.92 Å². The lowest BCUT2D eigenvalue weighted by atomic mass is 10.1. The Labute approximate surface area is 184 Å². The van der Waals surface area contributed by atoms with Gasteiger partial charge in [0.05, 0.1) is 21.7 Å². The largest absolute Gasteiger partial charge is 0.492 e. The zero-order valence-electron chi connectivity index (χ0n) is 16.3. The molecule has 2 aromatic rings. The van der Waals surface area contributed by atoms with E-state index in [4.69, 9.17) is 17.0 Å². The van der Waals surface area contributed by atoms with Crippen LogP contribution in [-0.2, 0) is 4.79 Å². The average Bonchev–Trinajstić information content (AvgIpc) is 2.90. The Balaban J connectivity index is 1.83. The second kappa shape index (κ2) is 8.80. The topological polar surface area (TPSA) is 29.5 Å². The molecule has 146 valence electrons. The lowest BCUT2D eigenvalue weighted by Gasteiger charge is -2.16. The van der Waals surface area contributed by atoms with Gasteiger partial charge in [-0.1, -0.05) is 50.0 Å². The minimum atomic E-state index is -0.0884. The Morgan fingerprint density at radius 3 is 2.57 bits per heavy atom. The summed E-state index contributed by atoms with van der Waals surface area (Å²) in [5, 5.41) is 0. The van der Waals surface area contributed by atoms with Crippen LogP contribution < -0.4 is 9.64 Å². The number of ether oxygens (including phenoxy) is 1. The molecule has 1 saturated heterocycles. The van der Waals surface area contributed by atoms with E-state index in [0.717, 1.165) is 27.0 Å². The molecule has 0 aromatic heterocycles. The number of benzene rings is 2. The van der Waals surface area contributed by atoms with Crippen molar-refractivity contribution >= 4 is 61.9 Å². The van der Waals surface area contributed by atoms with E-state index in [-0.39, 0.29) is 5.91 Å². The first-order valence-corrected chi connectivity index (χ1v) is 11.1. The van der Waals surface area contributed by atoms with Crippen molar-refractivity contribution in [3.63, 3.8) is 0 Å². The third-order valence-electron chi connectivity index (χ3n) is 4.37. The van der Waals surface area contributed by atoms with Gasteiger partial charge in [0.2, 0.25) is 0 Å². The van der Waals surface area contributed by atoms with E-state index in [1.807, 2.05) is 49.4 Å². The Hall–Kier alpha value is -1.63. The van der Waals surface area contributed by atoms with Crippen LogP contribution in [0, 0.1) is 19.8 Å². The van der Waals surface area contributed by atoms with E-state index in [1.165, 1.54) is 17.3 Å². The third kappa shape index (κ3) is 4.67. The molecule has 0 radical (unpaired) electrons. The van der Waals surface area contributed by atoms with Gasteiger partial charge >= 0.3 is 0 Å². The molecule has 0 saturated carbocycles. The van der Waals surface area contributed by atoms with Gasteiger partial charge in [-0.05, 0) is 82.7 Å². The maximum absolute atomic E-state index is 13.0. The van der Waals surface area contributed by atoms with Crippen molar-refractivity contribution in [3.05, 3.63) is 62.5 Å². The zero-order valence-corrected chi connectivity index (χ0v) is 19.5. The summed E-state index contributed by atoms with van der Waals surface area (Å²) < 4.78 is 7.21. The van der Waals surface area contributed by atoms with Crippen LogP contribution in [0.1, 0.15) is 30.5 Å². The van der Waals surface area contributed by atoms with Gasteiger partial charge < -0.3 is 4.74 Å². The van der Waals surface area contributed by atoms with E-state index in [1.54, 1.807) is 4.90 Å². The molecule has 1 amide bonds. The zero-order chi connectivity index (χ0) is 20.4. The molecule has 0 aliphatic carbocycles. The summed E-state index contributed by atoms with van der Waals surface area (Å²) in [5.74, 6) is 1.17. The minimum Gasteiger partial charge on any atom is -0.492 e. The summed E-state index contributed by atoms with van der Waals surface area (Å²) in [6.45, 7) is 8.97. The monoisotopic (exact) mass is 475 g/mol. The van der Waals surface area contributed by atoms with Crippen LogP contribution in [0.5, 0.6) is 5.75 Å². The molecule has 6 heteroatoms. The number of aryl methyl sites for hydroxylation is 2. The Morgan fingerprint density at radius 1 is 1.18 bits per heavy atom. The molecule has 0 atom stereocenters. The molecule has 3 nitrogen and oxygen atoms in total. The number of rotatable bonds is 5. The Kier molecular flexibility index (Phi) is 6.63. The quantitative estimate of drug-likeness (QED) is 0.364. The maximum Gasteiger partial charge on any atom is 0.270 e. The van der Waals surface area contributed by atoms with Gasteiger partial charge in [0.15, 0.2) is 4.32 Å². The number of carbonyl (C=O) groups is 1. The maximum atomic E-state index is 13.0. The lowest BCUT2D eigenvalue weighted by Crippen LogP contribution is -2.27. The fourth-order valence-electron chi connectivity index (χ4n) is 2.69. The van der Waals surface area contributed by atoms with Crippen molar-refractivity contribution in [1.82, 2.24) is 0 Å². The fourth-order valence-corrected chi connectivity index (χ4v) is 4.50. The predicted octanol–water partition coefficient (Wildman–Crippen LogP) is 6.51. The summed E-state index contributed by atoms with van der Waals surface area (Å²) >= 11 is 10.4. The number of amides is 1. The first-order valence-electron chi connectivity index (χ1n) is 9.04. The number of halogens is 1. The van der Waals surface area contributed by atoms with Crippen LogP contribution in [-0.4, -0.2) is 16.8 Å². The van der Waals surface area contributed by atoms with Crippen LogP contribution in [0.15, 0.2) is 45.8 Å². The Morgan fingerprint density at radius 2 is 1.93 bits per heavy atom. The number of nitrogens with zero attached hydrogens (tertiary/aromatic N) is 1. The lowest BCUT2D eigenvalue weighted by molar-refractivity contribution is -0.113. The van der Waals surface area contributed by atoms with Gasteiger partial charge in [0.1, 0.15) is 5.75 Å². The first kappa shape index (κ1) is 21.1. The van der Waals surface area contributed by atoms with E-state index in [2.05, 4.69) is 36.7 Å². The van der Waals surface area contributed by atoms with Crippen molar-refractivity contribution in [2.45, 2.75) is 27.7 Å². The SMILES string of the molecule is Cc1ccc(N2C(=O)/C(=C/c3ccc(OCC(C)C)c(Br)c3)SC2=S)cc1C. The number of thioether (sulfide) groups is 1. The summed E-state index contributed by atoms with van der Waals surface area (Å²) in [5.41, 5.74) is 4.06. The van der Waals surface area contributed by atoms with Gasteiger partial charge in [-0.25, -0.2) is 0 Å². The van der Waals surface area contributed by atoms with Gasteiger partial charge in [0.25, 0.3) is 5.91 Å². The highest BCUT2D eigenvalue weighted by atomic mass is 79.9. The number of hydrogen-bond acceptors (Lipinski definition) is 4. The summed E-state index contributed by atoms with van der Waals surface area (Å²) in [7, 11) is 0. The van der Waals surface area contributed by atoms with Gasteiger partial charge in [-0.15, -0.1) is 0 Å². The molecule has 0 unspecified atom stereocenters. The van der Waals surface area contributed by atoms with Gasteiger partial charge in [-0.2, -0.15) is 0 Å². The molecule has 0 N–H and O–H groups in total. The summed E-state index contributed by atoms with van der Waals surface area (Å²) in [6.07, 6.45) is 1.87. The molecule has 0 bridgehead atoms. The molecule has 1 fully saturated rings. The molecule has 1 aliphatic heterocycles. The van der Waals surface area contributed by atoms with Gasteiger partial charge in [0, 0.05) is 0 Å². The summed E-state index contributed by atoms with van der Waals surface area (Å²) in [6, 6.07) is 11.8. The molecule has 0 spiro atoms. The molecule has 1 aliphatic rings. The van der Waals surface area contributed by atoms with Crippen LogP contribution >= 0.6 is 39.9 Å². The Bertz CT molecular complexity index is 969. The molecule has 28 heavy (non-hydrogen) atoms. The van der Waals surface area contributed by atoms with E-state index >= 15 is 0 Å². The highest BCUT2D eigenvalue weighted by Crippen LogP contribution is 2.37. The van der Waals surface area contributed by atoms with Crippen LogP contribution in [0.3, 0.4) is 0 Å². The van der Waals surface area contributed by atoms with Crippen molar-refractivity contribution < 1.29 is 9.53 Å². The molecule has 1 heterocycles. The first-order chi connectivity index (χ1) is 13.3. The minimum absolute atomic E-state index is 0.0884. The predicted molar refractivity (Wildman–Crippen MR) is 126 cm³/mol. The standard InChI is InChI=1S/C22H22BrNO2S2/c1-13(2)12-26-19-8-6-16(10-18(19)23)11-20-21(25)24(22(27)28-20)17-7-5-14(3)15(4)9-17/h5-11,13H,12H2,1-4H3/b20-11-.